The van der Waals surface area contributed by atoms with Crippen molar-refractivity contribution in [1.82, 2.24) is 10.1 Å². The third kappa shape index (κ3) is 3.51. The van der Waals surface area contributed by atoms with Crippen LogP contribution >= 0.6 is 23.2 Å². The summed E-state index contributed by atoms with van der Waals surface area (Å²) in [5.41, 5.74) is 7.04. The molecule has 2 aromatic rings. The van der Waals surface area contributed by atoms with Gasteiger partial charge in [0.15, 0.2) is 5.82 Å². The van der Waals surface area contributed by atoms with Crippen LogP contribution in [0, 0.1) is 5.92 Å². The summed E-state index contributed by atoms with van der Waals surface area (Å²) in [6.45, 7) is 4.14. The maximum absolute atomic E-state index is 6.06. The highest BCUT2D eigenvalue weighted by molar-refractivity contribution is 6.42. The molecule has 0 aliphatic heterocycles. The Morgan fingerprint density at radius 1 is 1.30 bits per heavy atom. The predicted molar refractivity (Wildman–Crippen MR) is 79.9 cm³/mol. The molecule has 0 radical (unpaired) electrons. The van der Waals surface area contributed by atoms with E-state index in [-0.39, 0.29) is 6.04 Å². The van der Waals surface area contributed by atoms with Crippen molar-refractivity contribution in [1.29, 1.82) is 0 Å². The fourth-order valence-electron chi connectivity index (χ4n) is 1.80. The van der Waals surface area contributed by atoms with Gasteiger partial charge in [0.05, 0.1) is 16.1 Å². The van der Waals surface area contributed by atoms with Gasteiger partial charge in [0.2, 0.25) is 5.89 Å². The van der Waals surface area contributed by atoms with Gasteiger partial charge in [-0.05, 0) is 23.6 Å². The Balaban J connectivity index is 2.11. The molecule has 0 saturated heterocycles. The first-order chi connectivity index (χ1) is 9.51. The molecule has 1 aromatic carbocycles. The van der Waals surface area contributed by atoms with E-state index < -0.39 is 0 Å². The topological polar surface area (TPSA) is 64.9 Å². The van der Waals surface area contributed by atoms with Gasteiger partial charge < -0.3 is 10.3 Å². The van der Waals surface area contributed by atoms with Crippen molar-refractivity contribution >= 4 is 23.2 Å². The zero-order chi connectivity index (χ0) is 14.7. The Morgan fingerprint density at radius 2 is 2.05 bits per heavy atom. The molecule has 1 unspecified atom stereocenters. The monoisotopic (exact) mass is 313 g/mol. The normalized spacial score (nSPS) is 14.2. The van der Waals surface area contributed by atoms with Gasteiger partial charge in [-0.2, -0.15) is 4.98 Å². The SMILES string of the molecule is CCC(C)[C@H](N)c1nc(Cc2ccc(Cl)c(Cl)c2)no1. The van der Waals surface area contributed by atoms with Crippen LogP contribution in [0.2, 0.25) is 10.0 Å². The van der Waals surface area contributed by atoms with Crippen LogP contribution in [0.4, 0.5) is 0 Å². The minimum absolute atomic E-state index is 0.227. The standard InChI is InChI=1S/C14H17Cl2N3O/c1-3-8(2)13(17)14-18-12(19-20-14)7-9-4-5-10(15)11(16)6-9/h4-6,8,13H,3,7,17H2,1-2H3/t8?,13-/m0/s1. The Kier molecular flexibility index (Phi) is 5.02. The Hall–Kier alpha value is -1.10. The van der Waals surface area contributed by atoms with Gasteiger partial charge in [0.25, 0.3) is 0 Å². The van der Waals surface area contributed by atoms with Crippen LogP contribution in [-0.4, -0.2) is 10.1 Å². The van der Waals surface area contributed by atoms with Crippen molar-refractivity contribution in [3.8, 4) is 0 Å². The number of hydrogen-bond acceptors (Lipinski definition) is 4. The number of nitrogens with zero attached hydrogens (tertiary/aromatic N) is 2. The highest BCUT2D eigenvalue weighted by atomic mass is 35.5. The average molecular weight is 314 g/mol. The summed E-state index contributed by atoms with van der Waals surface area (Å²) < 4.78 is 5.23. The van der Waals surface area contributed by atoms with Crippen LogP contribution in [0.25, 0.3) is 0 Å². The fourth-order valence-corrected chi connectivity index (χ4v) is 2.12. The van der Waals surface area contributed by atoms with Crippen LogP contribution in [0.1, 0.15) is 43.6 Å². The number of halogens is 2. The molecule has 2 N–H and O–H groups in total. The van der Waals surface area contributed by atoms with E-state index in [2.05, 4.69) is 24.0 Å². The molecule has 0 fully saturated rings. The van der Waals surface area contributed by atoms with Gasteiger partial charge in [-0.1, -0.05) is 54.7 Å². The van der Waals surface area contributed by atoms with Gasteiger partial charge >= 0.3 is 0 Å². The second kappa shape index (κ2) is 6.57. The largest absolute Gasteiger partial charge is 0.338 e. The molecule has 20 heavy (non-hydrogen) atoms. The highest BCUT2D eigenvalue weighted by Crippen LogP contribution is 2.24. The quantitative estimate of drug-likeness (QED) is 0.905. The summed E-state index contributed by atoms with van der Waals surface area (Å²) >= 11 is 11.9. The third-order valence-electron chi connectivity index (χ3n) is 3.37. The lowest BCUT2D eigenvalue weighted by Crippen LogP contribution is -2.18. The highest BCUT2D eigenvalue weighted by Gasteiger charge is 2.20. The van der Waals surface area contributed by atoms with Gasteiger partial charge in [0, 0.05) is 6.42 Å². The molecule has 1 heterocycles. The summed E-state index contributed by atoms with van der Waals surface area (Å²) in [4.78, 5) is 4.35. The first-order valence-corrected chi connectivity index (χ1v) is 7.28. The molecule has 0 saturated carbocycles. The predicted octanol–water partition coefficient (Wildman–Crippen LogP) is 4.01. The van der Waals surface area contributed by atoms with Crippen molar-refractivity contribution in [2.24, 2.45) is 11.7 Å². The van der Waals surface area contributed by atoms with Gasteiger partial charge in [-0.15, -0.1) is 0 Å². The van der Waals surface area contributed by atoms with Crippen molar-refractivity contribution < 1.29 is 4.52 Å². The smallest absolute Gasteiger partial charge is 0.243 e. The van der Waals surface area contributed by atoms with Crippen molar-refractivity contribution in [2.75, 3.05) is 0 Å². The zero-order valence-corrected chi connectivity index (χ0v) is 12.9. The summed E-state index contributed by atoms with van der Waals surface area (Å²) in [6.07, 6.45) is 1.50. The first-order valence-electron chi connectivity index (χ1n) is 6.53. The van der Waals surface area contributed by atoms with E-state index in [1.54, 1.807) is 12.1 Å². The molecule has 0 amide bonds. The number of aromatic nitrogens is 2. The molecule has 4 nitrogen and oxygen atoms in total. The van der Waals surface area contributed by atoms with E-state index in [1.807, 2.05) is 6.07 Å². The minimum Gasteiger partial charge on any atom is -0.338 e. The lowest BCUT2D eigenvalue weighted by molar-refractivity contribution is 0.310. The van der Waals surface area contributed by atoms with Crippen LogP contribution in [-0.2, 0) is 6.42 Å². The summed E-state index contributed by atoms with van der Waals surface area (Å²) in [5.74, 6) is 1.37. The number of benzene rings is 1. The molecule has 2 rings (SSSR count). The fraction of sp³-hybridized carbons (Fsp3) is 0.429. The van der Waals surface area contributed by atoms with Crippen molar-refractivity contribution in [3.05, 3.63) is 45.5 Å². The maximum atomic E-state index is 6.06. The zero-order valence-electron chi connectivity index (χ0n) is 11.4. The molecule has 6 heteroatoms. The first kappa shape index (κ1) is 15.3. The summed E-state index contributed by atoms with van der Waals surface area (Å²) in [7, 11) is 0. The van der Waals surface area contributed by atoms with E-state index in [0.29, 0.717) is 34.1 Å². The molecule has 0 spiro atoms. The second-order valence-electron chi connectivity index (χ2n) is 4.89. The Morgan fingerprint density at radius 3 is 2.70 bits per heavy atom. The van der Waals surface area contributed by atoms with Gasteiger partial charge in [-0.3, -0.25) is 0 Å². The van der Waals surface area contributed by atoms with Crippen LogP contribution < -0.4 is 5.73 Å². The number of nitrogens with two attached hydrogens (primary N) is 1. The van der Waals surface area contributed by atoms with Crippen LogP contribution in [0.5, 0.6) is 0 Å². The lowest BCUT2D eigenvalue weighted by atomic mass is 10.0. The van der Waals surface area contributed by atoms with Crippen LogP contribution in [0.15, 0.2) is 22.7 Å². The molecule has 1 aromatic heterocycles. The molecule has 0 aliphatic rings. The van der Waals surface area contributed by atoms with Crippen LogP contribution in [0.3, 0.4) is 0 Å². The van der Waals surface area contributed by atoms with E-state index in [1.165, 1.54) is 0 Å². The maximum Gasteiger partial charge on any atom is 0.243 e. The van der Waals surface area contributed by atoms with E-state index in [0.717, 1.165) is 12.0 Å². The molecular formula is C14H17Cl2N3O. The van der Waals surface area contributed by atoms with E-state index in [9.17, 15) is 0 Å². The third-order valence-corrected chi connectivity index (χ3v) is 4.11. The minimum atomic E-state index is -0.227. The van der Waals surface area contributed by atoms with Crippen molar-refractivity contribution in [3.63, 3.8) is 0 Å². The van der Waals surface area contributed by atoms with Gasteiger partial charge in [0.1, 0.15) is 0 Å². The molecule has 2 atom stereocenters. The van der Waals surface area contributed by atoms with Gasteiger partial charge in [-0.25, -0.2) is 0 Å². The Labute approximate surface area is 128 Å². The molecule has 0 aliphatic carbocycles. The lowest BCUT2D eigenvalue weighted by Gasteiger charge is -2.12. The molecule has 108 valence electrons. The molecular weight excluding hydrogens is 297 g/mol. The van der Waals surface area contributed by atoms with E-state index in [4.69, 9.17) is 33.5 Å². The summed E-state index contributed by atoms with van der Waals surface area (Å²) in [5, 5.41) is 5.01. The summed E-state index contributed by atoms with van der Waals surface area (Å²) in [6, 6.07) is 5.22. The molecule has 0 bridgehead atoms. The van der Waals surface area contributed by atoms with Crippen molar-refractivity contribution in [2.45, 2.75) is 32.7 Å². The Bertz CT molecular complexity index is 586. The van der Waals surface area contributed by atoms with E-state index >= 15 is 0 Å². The average Bonchev–Trinajstić information content (AvgIpc) is 2.89. The number of rotatable bonds is 5. The second-order valence-corrected chi connectivity index (χ2v) is 5.70. The number of hydrogen-bond donors (Lipinski definition) is 1.